The number of aryl methyl sites for hydroxylation is 1. The highest BCUT2D eigenvalue weighted by atomic mass is 127. The number of nitrogens with zero attached hydrogens (tertiary/aromatic N) is 1. The molecule has 2 aromatic carbocycles. The number of halogens is 1. The molecule has 0 aliphatic rings. The van der Waals surface area contributed by atoms with Crippen LogP contribution in [-0.4, -0.2) is 44.5 Å². The van der Waals surface area contributed by atoms with Crippen LogP contribution in [0, 0.1) is 6.92 Å². The van der Waals surface area contributed by atoms with E-state index in [-0.39, 0.29) is 37.2 Å². The fourth-order valence-corrected chi connectivity index (χ4v) is 2.94. The lowest BCUT2D eigenvalue weighted by Gasteiger charge is -2.17. The summed E-state index contributed by atoms with van der Waals surface area (Å²) in [5.74, 6) is 2.41. The molecule has 0 aliphatic heterocycles. The zero-order valence-corrected chi connectivity index (χ0v) is 20.6. The first kappa shape index (κ1) is 26.0. The second-order valence-corrected chi connectivity index (χ2v) is 6.95. The van der Waals surface area contributed by atoms with Gasteiger partial charge in [-0.1, -0.05) is 42.8 Å². The smallest absolute Gasteiger partial charge is 0.191 e. The van der Waals surface area contributed by atoms with Gasteiger partial charge in [0, 0.05) is 13.1 Å². The van der Waals surface area contributed by atoms with Gasteiger partial charge in [-0.3, -0.25) is 0 Å². The minimum Gasteiger partial charge on any atom is -0.493 e. The Morgan fingerprint density at radius 3 is 2.60 bits per heavy atom. The third kappa shape index (κ3) is 8.39. The Morgan fingerprint density at radius 2 is 1.93 bits per heavy atom. The van der Waals surface area contributed by atoms with Crippen molar-refractivity contribution in [2.75, 3.05) is 33.4 Å². The molecule has 1 unspecified atom stereocenters. The molecule has 2 rings (SSSR count). The van der Waals surface area contributed by atoms with Gasteiger partial charge in [-0.2, -0.15) is 0 Å². The van der Waals surface area contributed by atoms with Crippen molar-refractivity contribution >= 4 is 29.9 Å². The number of nitrogens with one attached hydrogen (secondary N) is 2. The average Bonchev–Trinajstić information content (AvgIpc) is 2.74. The van der Waals surface area contributed by atoms with Gasteiger partial charge in [0.15, 0.2) is 17.5 Å². The second-order valence-electron chi connectivity index (χ2n) is 6.95. The molecule has 0 spiro atoms. The summed E-state index contributed by atoms with van der Waals surface area (Å²) < 4.78 is 10.9. The highest BCUT2D eigenvalue weighted by Gasteiger charge is 2.08. The van der Waals surface area contributed by atoms with Crippen LogP contribution in [0.15, 0.2) is 47.5 Å². The normalized spacial score (nSPS) is 12.0. The van der Waals surface area contributed by atoms with Crippen LogP contribution in [0.3, 0.4) is 0 Å². The Bertz CT molecular complexity index is 799. The van der Waals surface area contributed by atoms with Crippen LogP contribution >= 0.6 is 24.0 Å². The summed E-state index contributed by atoms with van der Waals surface area (Å²) in [5, 5.41) is 15.6. The second kappa shape index (κ2) is 14.1. The van der Waals surface area contributed by atoms with Crippen molar-refractivity contribution in [2.45, 2.75) is 33.2 Å². The lowest BCUT2D eigenvalue weighted by atomic mass is 9.99. The average molecular weight is 527 g/mol. The summed E-state index contributed by atoms with van der Waals surface area (Å²) in [4.78, 5) is 4.69. The molecule has 166 valence electrons. The van der Waals surface area contributed by atoms with Gasteiger partial charge in [-0.25, -0.2) is 4.99 Å². The Morgan fingerprint density at radius 1 is 1.13 bits per heavy atom. The highest BCUT2D eigenvalue weighted by Crippen LogP contribution is 2.28. The van der Waals surface area contributed by atoms with E-state index in [0.29, 0.717) is 24.0 Å². The first-order valence-corrected chi connectivity index (χ1v) is 10.1. The van der Waals surface area contributed by atoms with Crippen LogP contribution in [0.5, 0.6) is 11.5 Å². The number of hydrogen-bond donors (Lipinski definition) is 3. The number of hydrogen-bond acceptors (Lipinski definition) is 4. The van der Waals surface area contributed by atoms with Gasteiger partial charge in [-0.15, -0.1) is 24.0 Å². The maximum Gasteiger partial charge on any atom is 0.191 e. The van der Waals surface area contributed by atoms with Gasteiger partial charge in [-0.05, 0) is 43.0 Å². The first-order chi connectivity index (χ1) is 14.1. The summed E-state index contributed by atoms with van der Waals surface area (Å²) in [6, 6.07) is 14.3. The van der Waals surface area contributed by atoms with Crippen molar-refractivity contribution in [3.63, 3.8) is 0 Å². The summed E-state index contributed by atoms with van der Waals surface area (Å²) >= 11 is 0. The number of benzene rings is 2. The van der Waals surface area contributed by atoms with Crippen molar-refractivity contribution in [1.82, 2.24) is 10.6 Å². The third-order valence-electron chi connectivity index (χ3n) is 4.53. The van der Waals surface area contributed by atoms with Crippen LogP contribution in [-0.2, 0) is 6.54 Å². The first-order valence-electron chi connectivity index (χ1n) is 10.1. The number of aliphatic hydroxyl groups is 1. The summed E-state index contributed by atoms with van der Waals surface area (Å²) in [7, 11) is 1.60. The van der Waals surface area contributed by atoms with Crippen LogP contribution in [0.25, 0.3) is 0 Å². The number of aliphatic imine (C=N–C) groups is 1. The maximum absolute atomic E-state index is 8.92. The molecule has 0 aromatic heterocycles. The molecule has 30 heavy (non-hydrogen) atoms. The fourth-order valence-electron chi connectivity index (χ4n) is 2.94. The molecule has 0 bridgehead atoms. The van der Waals surface area contributed by atoms with Gasteiger partial charge >= 0.3 is 0 Å². The van der Waals surface area contributed by atoms with Gasteiger partial charge in [0.05, 0.1) is 20.3 Å². The Labute approximate surface area is 197 Å². The van der Waals surface area contributed by atoms with Crippen molar-refractivity contribution in [3.05, 3.63) is 59.2 Å². The van der Waals surface area contributed by atoms with E-state index in [1.807, 2.05) is 18.2 Å². The molecule has 3 N–H and O–H groups in total. The van der Waals surface area contributed by atoms with Gasteiger partial charge in [0.25, 0.3) is 0 Å². The molecule has 0 heterocycles. The van der Waals surface area contributed by atoms with Gasteiger partial charge in [0.2, 0.25) is 0 Å². The molecule has 6 nitrogen and oxygen atoms in total. The quantitative estimate of drug-likeness (QED) is 0.249. The van der Waals surface area contributed by atoms with Gasteiger partial charge in [0.1, 0.15) is 6.61 Å². The third-order valence-corrected chi connectivity index (χ3v) is 4.53. The molecule has 2 aromatic rings. The predicted molar refractivity (Wildman–Crippen MR) is 133 cm³/mol. The SMILES string of the molecule is CCNC(=NCc1ccc(OCCO)c(OC)c1)NCC(C)c1cccc(C)c1.I. The van der Waals surface area contributed by atoms with E-state index in [1.54, 1.807) is 7.11 Å². The minimum atomic E-state index is -0.0338. The lowest BCUT2D eigenvalue weighted by molar-refractivity contribution is 0.196. The molecule has 0 radical (unpaired) electrons. The molecule has 0 amide bonds. The zero-order chi connectivity index (χ0) is 21.1. The van der Waals surface area contributed by atoms with Crippen LogP contribution < -0.4 is 20.1 Å². The molecule has 0 saturated carbocycles. The Hall–Kier alpha value is -2.00. The fraction of sp³-hybridized carbons (Fsp3) is 0.435. The lowest BCUT2D eigenvalue weighted by Crippen LogP contribution is -2.39. The van der Waals surface area contributed by atoms with E-state index in [1.165, 1.54) is 11.1 Å². The van der Waals surface area contributed by atoms with E-state index in [4.69, 9.17) is 19.6 Å². The van der Waals surface area contributed by atoms with E-state index in [0.717, 1.165) is 24.6 Å². The molecule has 0 saturated heterocycles. The maximum atomic E-state index is 8.92. The van der Waals surface area contributed by atoms with Crippen molar-refractivity contribution < 1.29 is 14.6 Å². The zero-order valence-electron chi connectivity index (χ0n) is 18.3. The summed E-state index contributed by atoms with van der Waals surface area (Å²) in [6.07, 6.45) is 0. The minimum absolute atomic E-state index is 0. The molecule has 7 heteroatoms. The number of rotatable bonds is 10. The van der Waals surface area contributed by atoms with Crippen molar-refractivity contribution in [2.24, 2.45) is 4.99 Å². The Kier molecular flexibility index (Phi) is 12.2. The number of guanidine groups is 1. The number of methoxy groups -OCH3 is 1. The molecule has 0 aliphatic carbocycles. The van der Waals surface area contributed by atoms with Crippen molar-refractivity contribution in [1.29, 1.82) is 0 Å². The van der Waals surface area contributed by atoms with E-state index in [2.05, 4.69) is 55.7 Å². The number of aliphatic hydroxyl groups excluding tert-OH is 1. The van der Waals surface area contributed by atoms with Gasteiger partial charge < -0.3 is 25.2 Å². The molecular formula is C23H34IN3O3. The van der Waals surface area contributed by atoms with E-state index < -0.39 is 0 Å². The largest absolute Gasteiger partial charge is 0.493 e. The predicted octanol–water partition coefficient (Wildman–Crippen LogP) is 3.85. The summed E-state index contributed by atoms with van der Waals surface area (Å²) in [6.45, 7) is 8.69. The molecule has 0 fully saturated rings. The summed E-state index contributed by atoms with van der Waals surface area (Å²) in [5.41, 5.74) is 3.61. The van der Waals surface area contributed by atoms with E-state index in [9.17, 15) is 0 Å². The Balaban J connectivity index is 0.00000450. The molecule has 1 atom stereocenters. The topological polar surface area (TPSA) is 75.1 Å². The number of ether oxygens (including phenoxy) is 2. The molecular weight excluding hydrogens is 493 g/mol. The monoisotopic (exact) mass is 527 g/mol. The van der Waals surface area contributed by atoms with Crippen LogP contribution in [0.1, 0.15) is 36.5 Å². The van der Waals surface area contributed by atoms with Crippen LogP contribution in [0.2, 0.25) is 0 Å². The highest BCUT2D eigenvalue weighted by molar-refractivity contribution is 14.0. The van der Waals surface area contributed by atoms with E-state index >= 15 is 0 Å². The van der Waals surface area contributed by atoms with Crippen LogP contribution in [0.4, 0.5) is 0 Å². The standard InChI is InChI=1S/C23H33N3O3.HI/c1-5-24-23(25-15-18(3)20-8-6-7-17(2)13-20)26-16-19-9-10-21(29-12-11-27)22(14-19)28-4;/h6-10,13-14,18,27H,5,11-12,15-16H2,1-4H3,(H2,24,25,26);1H. The van der Waals surface area contributed by atoms with Crippen molar-refractivity contribution in [3.8, 4) is 11.5 Å².